The molecule has 1 amide bonds. The number of fused-ring (bicyclic) bond motifs is 2. The van der Waals surface area contributed by atoms with Crippen molar-refractivity contribution in [1.82, 2.24) is 4.90 Å². The molecule has 0 saturated carbocycles. The molecule has 0 atom stereocenters. The van der Waals surface area contributed by atoms with Gasteiger partial charge in [0.05, 0.1) is 11.0 Å². The summed E-state index contributed by atoms with van der Waals surface area (Å²) in [5, 5.41) is 7.52. The van der Waals surface area contributed by atoms with E-state index in [1.165, 1.54) is 29.2 Å². The van der Waals surface area contributed by atoms with Crippen LogP contribution >= 0.6 is 0 Å². The van der Waals surface area contributed by atoms with Crippen LogP contribution in [0.25, 0.3) is 33.4 Å². The summed E-state index contributed by atoms with van der Waals surface area (Å²) in [4.78, 5) is 25.0. The monoisotopic (exact) mass is 601 g/mol. The quantitative estimate of drug-likeness (QED) is 0.124. The van der Waals surface area contributed by atoms with Crippen molar-refractivity contribution in [2.24, 2.45) is 0 Å². The van der Waals surface area contributed by atoms with Crippen molar-refractivity contribution in [2.75, 3.05) is 19.3 Å². The zero-order valence-electron chi connectivity index (χ0n) is 22.0. The number of nitrogen functional groups attached to an aromatic ring is 1. The number of nitrogens with two attached hydrogens (primary N) is 1. The van der Waals surface area contributed by atoms with Gasteiger partial charge in [0.15, 0.2) is 21.1 Å². The van der Waals surface area contributed by atoms with Gasteiger partial charge in [-0.25, -0.2) is 0 Å². The van der Waals surface area contributed by atoms with Gasteiger partial charge < -0.3 is 15.1 Å². The number of benzene rings is 3. The smallest absolute Gasteiger partial charge is 0.300 e. The first-order valence-electron chi connectivity index (χ1n) is 12.3. The van der Waals surface area contributed by atoms with Crippen LogP contribution in [0.2, 0.25) is 0 Å². The third kappa shape index (κ3) is 5.72. The predicted octanol–water partition coefficient (Wildman–Crippen LogP) is 3.59. The number of hydrogen-bond acceptors (Lipinski definition) is 9. The number of hydrogen-bond donors (Lipinski definition) is 4. The number of amides is 1. The van der Waals surface area contributed by atoms with Crippen LogP contribution in [0.15, 0.2) is 62.7 Å². The second-order valence-electron chi connectivity index (χ2n) is 9.37. The Labute approximate surface area is 235 Å². The van der Waals surface area contributed by atoms with Gasteiger partial charge in [0.2, 0.25) is 0 Å². The normalized spacial score (nSPS) is 12.1. The van der Waals surface area contributed by atoms with Gasteiger partial charge in [-0.1, -0.05) is 25.1 Å². The Morgan fingerprint density at radius 2 is 1.61 bits per heavy atom. The summed E-state index contributed by atoms with van der Waals surface area (Å²) in [6, 6.07) is 11.3. The van der Waals surface area contributed by atoms with E-state index < -0.39 is 58.3 Å². The van der Waals surface area contributed by atoms with Crippen molar-refractivity contribution >= 4 is 48.6 Å². The maximum atomic E-state index is 13.6. The number of anilines is 1. The van der Waals surface area contributed by atoms with Crippen molar-refractivity contribution in [1.29, 1.82) is 5.41 Å². The summed E-state index contributed by atoms with van der Waals surface area (Å²) in [6.07, 6.45) is 1.13. The second kappa shape index (κ2) is 11.0. The molecular formula is C27H27N3O9S2. The number of carbonyl (C=O) groups excluding carboxylic acids is 2. The number of rotatable bonds is 9. The molecule has 0 radical (unpaired) electrons. The molecular weight excluding hydrogens is 574 g/mol. The third-order valence-electron chi connectivity index (χ3n) is 6.63. The van der Waals surface area contributed by atoms with Gasteiger partial charge in [0.25, 0.3) is 26.1 Å². The van der Waals surface area contributed by atoms with E-state index >= 15 is 0 Å². The van der Waals surface area contributed by atoms with E-state index in [0.717, 1.165) is 6.07 Å². The lowest BCUT2D eigenvalue weighted by Crippen LogP contribution is -2.28. The molecule has 12 nitrogen and oxygen atoms in total. The van der Waals surface area contributed by atoms with Crippen LogP contribution in [0.1, 0.15) is 36.5 Å². The molecule has 2 aliphatic rings. The molecule has 216 valence electrons. The van der Waals surface area contributed by atoms with Crippen LogP contribution < -0.4 is 11.1 Å². The number of ketones is 1. The van der Waals surface area contributed by atoms with E-state index in [4.69, 9.17) is 15.6 Å². The summed E-state index contributed by atoms with van der Waals surface area (Å²) < 4.78 is 75.0. The minimum Gasteiger partial charge on any atom is -0.453 e. The molecule has 1 aliphatic heterocycles. The Hall–Kier alpha value is -4.11. The lowest BCUT2D eigenvalue weighted by Gasteiger charge is -2.22. The van der Waals surface area contributed by atoms with E-state index in [0.29, 0.717) is 19.3 Å². The largest absolute Gasteiger partial charge is 0.453 e. The molecule has 41 heavy (non-hydrogen) atoms. The summed E-state index contributed by atoms with van der Waals surface area (Å²) in [5.41, 5.74) is 5.47. The molecule has 14 heteroatoms. The van der Waals surface area contributed by atoms with E-state index in [1.807, 2.05) is 0 Å². The third-order valence-corrected chi connectivity index (χ3v) is 8.49. The average molecular weight is 602 g/mol. The Balaban J connectivity index is 2.08. The number of nitrogens with zero attached hydrogens (tertiary/aromatic N) is 1. The van der Waals surface area contributed by atoms with Crippen LogP contribution in [0.5, 0.6) is 0 Å². The van der Waals surface area contributed by atoms with Gasteiger partial charge in [-0.05, 0) is 42.3 Å². The Kier molecular flexibility index (Phi) is 8.05. The minimum absolute atomic E-state index is 0.0311. The molecule has 0 bridgehead atoms. The zero-order valence-corrected chi connectivity index (χ0v) is 23.7. The maximum absolute atomic E-state index is 13.6. The van der Waals surface area contributed by atoms with Crippen molar-refractivity contribution in [3.8, 4) is 22.5 Å². The first-order chi connectivity index (χ1) is 19.2. The lowest BCUT2D eigenvalue weighted by atomic mass is 9.90. The lowest BCUT2D eigenvalue weighted by molar-refractivity contribution is -0.118. The Morgan fingerprint density at radius 1 is 0.951 bits per heavy atom. The molecule has 0 spiro atoms. The SMILES string of the molecule is CCC(=O)CCCN(C)C(=O)c1ccccc1-c1c2ccc(=N)c(S(=O)(=O)O)c-2oc2c(S(=O)(=O)O)c(N)ccc12. The van der Waals surface area contributed by atoms with Crippen LogP contribution in [0.3, 0.4) is 0 Å². The summed E-state index contributed by atoms with van der Waals surface area (Å²) in [7, 11) is -8.54. The van der Waals surface area contributed by atoms with Gasteiger partial charge >= 0.3 is 0 Å². The molecule has 5 N–H and O–H groups in total. The summed E-state index contributed by atoms with van der Waals surface area (Å²) in [6.45, 7) is 2.02. The Morgan fingerprint density at radius 3 is 2.24 bits per heavy atom. The molecule has 2 aromatic carbocycles. The fourth-order valence-electron chi connectivity index (χ4n) is 4.68. The molecule has 0 saturated heterocycles. The standard InChI is InChI=1S/C27H27N3O9S2/c1-3-15(31)7-6-14-30(2)27(32)17-9-5-4-8-16(17)22-18-10-12-20(28)25(40(33,34)35)23(18)39-24-19(22)11-13-21(29)26(24)41(36,37)38/h4-5,8-13,28H,3,6-7,14,29H2,1-2H3,(H,33,34,35)(H,36,37,38). The van der Waals surface area contributed by atoms with Crippen molar-refractivity contribution in [3.05, 3.63) is 59.5 Å². The second-order valence-corrected chi connectivity index (χ2v) is 12.1. The fraction of sp³-hybridized carbons (Fsp3) is 0.222. The highest BCUT2D eigenvalue weighted by Crippen LogP contribution is 2.45. The Bertz CT molecular complexity index is 1950. The average Bonchev–Trinajstić information content (AvgIpc) is 2.89. The maximum Gasteiger partial charge on any atom is 0.300 e. The molecule has 1 heterocycles. The minimum atomic E-state index is -5.07. The highest BCUT2D eigenvalue weighted by atomic mass is 32.2. The highest BCUT2D eigenvalue weighted by Gasteiger charge is 2.31. The fourth-order valence-corrected chi connectivity index (χ4v) is 6.17. The van der Waals surface area contributed by atoms with E-state index in [1.54, 1.807) is 32.2 Å². The van der Waals surface area contributed by atoms with Crippen LogP contribution in [0.4, 0.5) is 5.69 Å². The first kappa shape index (κ1) is 29.9. The summed E-state index contributed by atoms with van der Waals surface area (Å²) >= 11 is 0. The van der Waals surface area contributed by atoms with Gasteiger partial charge in [-0.15, -0.1) is 0 Å². The van der Waals surface area contributed by atoms with Crippen molar-refractivity contribution < 1.29 is 39.9 Å². The number of nitrogens with one attached hydrogen (secondary N) is 1. The van der Waals surface area contributed by atoms with E-state index in [-0.39, 0.29) is 40.0 Å². The molecule has 2 aromatic rings. The van der Waals surface area contributed by atoms with Crippen molar-refractivity contribution in [2.45, 2.75) is 36.0 Å². The first-order valence-corrected chi connectivity index (χ1v) is 15.2. The predicted molar refractivity (Wildman–Crippen MR) is 150 cm³/mol. The van der Waals surface area contributed by atoms with Gasteiger partial charge in [0.1, 0.15) is 5.78 Å². The van der Waals surface area contributed by atoms with Crippen LogP contribution in [-0.2, 0) is 25.0 Å². The number of carbonyl (C=O) groups is 2. The van der Waals surface area contributed by atoms with Gasteiger partial charge in [-0.3, -0.25) is 24.1 Å². The van der Waals surface area contributed by atoms with Crippen molar-refractivity contribution in [3.63, 3.8) is 0 Å². The van der Waals surface area contributed by atoms with Gasteiger partial charge in [0, 0.05) is 48.5 Å². The molecule has 0 unspecified atom stereocenters. The zero-order chi connectivity index (χ0) is 30.3. The molecule has 4 rings (SSSR count). The highest BCUT2D eigenvalue weighted by molar-refractivity contribution is 7.86. The summed E-state index contributed by atoms with van der Waals surface area (Å²) in [5.74, 6) is -0.953. The topological polar surface area (TPSA) is 209 Å². The van der Waals surface area contributed by atoms with Crippen LogP contribution in [-0.4, -0.2) is 56.1 Å². The van der Waals surface area contributed by atoms with Gasteiger partial charge in [-0.2, -0.15) is 16.8 Å². The molecule has 0 fully saturated rings. The molecule has 0 aromatic heterocycles. The number of Topliss-reactive ketones (excluding diaryl/α,β-unsaturated/α-hetero) is 1. The van der Waals surface area contributed by atoms with E-state index in [9.17, 15) is 35.5 Å². The molecule has 1 aliphatic carbocycles. The van der Waals surface area contributed by atoms with Crippen LogP contribution in [0, 0.1) is 5.41 Å². The van der Waals surface area contributed by atoms with E-state index in [2.05, 4.69) is 0 Å².